The van der Waals surface area contributed by atoms with Crippen molar-refractivity contribution in [3.05, 3.63) is 57.9 Å². The zero-order valence-corrected chi connectivity index (χ0v) is 20.2. The van der Waals surface area contributed by atoms with Crippen molar-refractivity contribution in [2.45, 2.75) is 64.1 Å². The van der Waals surface area contributed by atoms with Gasteiger partial charge in [0.2, 0.25) is 0 Å². The van der Waals surface area contributed by atoms with Crippen LogP contribution in [-0.2, 0) is 11.0 Å². The first-order chi connectivity index (χ1) is 16.7. The number of alkyl halides is 3. The maximum atomic E-state index is 13.5. The molecular formula is C26H32F3N5O. The molecule has 0 spiro atoms. The third-order valence-electron chi connectivity index (χ3n) is 7.31. The van der Waals surface area contributed by atoms with Crippen molar-refractivity contribution in [3.8, 4) is 0 Å². The minimum absolute atomic E-state index is 0.234. The van der Waals surface area contributed by atoms with Crippen LogP contribution in [0.4, 0.5) is 19.0 Å². The lowest BCUT2D eigenvalue weighted by molar-refractivity contribution is -0.141. The first-order valence-electron chi connectivity index (χ1n) is 12.5. The van der Waals surface area contributed by atoms with E-state index in [9.17, 15) is 18.0 Å². The number of likely N-dealkylation sites (tertiary alicyclic amines) is 1. The first-order valence-corrected chi connectivity index (χ1v) is 12.5. The molecule has 2 aromatic rings. The van der Waals surface area contributed by atoms with Crippen LogP contribution < -0.4 is 10.6 Å². The number of hydrogen-bond donors (Lipinski definition) is 2. The number of nitrogens with zero attached hydrogens (tertiary/aromatic N) is 3. The van der Waals surface area contributed by atoms with Gasteiger partial charge in [0, 0.05) is 24.9 Å². The average molecular weight is 488 g/mol. The quantitative estimate of drug-likeness (QED) is 0.604. The Balaban J connectivity index is 1.47. The fraction of sp³-hybridized carbons (Fsp3) is 0.538. The molecule has 6 nitrogen and oxygen atoms in total. The van der Waals surface area contributed by atoms with Crippen LogP contribution in [0.1, 0.15) is 73.4 Å². The number of fused-ring (bicyclic) bond motifs is 1. The highest BCUT2D eigenvalue weighted by molar-refractivity contribution is 5.96. The van der Waals surface area contributed by atoms with Crippen LogP contribution in [0.25, 0.3) is 0 Å². The monoisotopic (exact) mass is 487 g/mol. The highest BCUT2D eigenvalue weighted by Crippen LogP contribution is 2.44. The van der Waals surface area contributed by atoms with E-state index in [2.05, 4.69) is 33.6 Å². The number of benzene rings is 1. The van der Waals surface area contributed by atoms with Crippen molar-refractivity contribution in [1.82, 2.24) is 20.0 Å². The Hall–Kier alpha value is -2.81. The van der Waals surface area contributed by atoms with E-state index in [1.807, 2.05) is 12.1 Å². The van der Waals surface area contributed by atoms with Crippen LogP contribution in [0, 0.1) is 6.92 Å². The fourth-order valence-electron chi connectivity index (χ4n) is 5.28. The average Bonchev–Trinajstić information content (AvgIpc) is 3.57. The normalized spacial score (nSPS) is 21.0. The molecule has 1 saturated carbocycles. The van der Waals surface area contributed by atoms with Gasteiger partial charge < -0.3 is 15.5 Å². The molecule has 5 rings (SSSR count). The number of hydrogen-bond acceptors (Lipinski definition) is 4. The topological polar surface area (TPSA) is 62.2 Å². The number of halogens is 3. The first kappa shape index (κ1) is 23.9. The van der Waals surface area contributed by atoms with Crippen LogP contribution >= 0.6 is 0 Å². The van der Waals surface area contributed by atoms with Crippen molar-refractivity contribution in [1.29, 1.82) is 0 Å². The van der Waals surface area contributed by atoms with Crippen molar-refractivity contribution < 1.29 is 18.0 Å². The second kappa shape index (κ2) is 9.33. The molecule has 188 valence electrons. The van der Waals surface area contributed by atoms with Crippen molar-refractivity contribution in [3.63, 3.8) is 0 Å². The minimum Gasteiger partial charge on any atom is -0.351 e. The van der Waals surface area contributed by atoms with Crippen molar-refractivity contribution in [2.75, 3.05) is 31.5 Å². The molecule has 1 atom stereocenters. The molecule has 2 fully saturated rings. The molecule has 2 N–H and O–H groups in total. The lowest BCUT2D eigenvalue weighted by atomic mass is 9.91. The van der Waals surface area contributed by atoms with E-state index in [1.165, 1.54) is 29.5 Å². The summed E-state index contributed by atoms with van der Waals surface area (Å²) in [5.74, 6) is 0.435. The summed E-state index contributed by atoms with van der Waals surface area (Å²) in [6.07, 6.45) is 1.23. The third-order valence-corrected chi connectivity index (χ3v) is 7.31. The Morgan fingerprint density at radius 2 is 1.89 bits per heavy atom. The molecule has 3 heterocycles. The third kappa shape index (κ3) is 4.96. The zero-order chi connectivity index (χ0) is 24.7. The molecule has 1 saturated heterocycles. The van der Waals surface area contributed by atoms with Gasteiger partial charge in [-0.15, -0.1) is 0 Å². The van der Waals surface area contributed by atoms with E-state index in [1.54, 1.807) is 6.92 Å². The van der Waals surface area contributed by atoms with Gasteiger partial charge >= 0.3 is 6.18 Å². The summed E-state index contributed by atoms with van der Waals surface area (Å²) in [6.45, 7) is 7.11. The number of aromatic nitrogens is 2. The van der Waals surface area contributed by atoms with Crippen LogP contribution in [0.3, 0.4) is 0 Å². The van der Waals surface area contributed by atoms with Crippen LogP contribution in [0.2, 0.25) is 0 Å². The van der Waals surface area contributed by atoms with Gasteiger partial charge in [-0.25, -0.2) is 4.68 Å². The van der Waals surface area contributed by atoms with Crippen LogP contribution in [0.15, 0.2) is 35.5 Å². The highest BCUT2D eigenvalue weighted by atomic mass is 19.4. The number of anilines is 1. The number of amides is 1. The van der Waals surface area contributed by atoms with Gasteiger partial charge in [0.05, 0.1) is 5.57 Å². The maximum Gasteiger partial charge on any atom is 0.435 e. The number of nitrogens with one attached hydrogen (secondary N) is 2. The van der Waals surface area contributed by atoms with Crippen LogP contribution in [0.5, 0.6) is 0 Å². The fourth-order valence-corrected chi connectivity index (χ4v) is 5.28. The standard InChI is InChI=1S/C26H32F3N5O/c1-16-6-7-19(14-20(16)18-8-9-18)24-23(25(35)30-10-13-33-11-4-3-5-12-33)17(2)31-22-15-21(26(27,28)29)32-34(22)24/h6-7,14-15,18,24,31H,3-5,8-13H2,1-2H3,(H,30,35). The molecule has 1 aromatic heterocycles. The van der Waals surface area contributed by atoms with Gasteiger partial charge in [0.25, 0.3) is 5.91 Å². The molecule has 2 aliphatic heterocycles. The van der Waals surface area contributed by atoms with Gasteiger partial charge in [0.15, 0.2) is 5.69 Å². The molecule has 0 bridgehead atoms. The van der Waals surface area contributed by atoms with Gasteiger partial charge in [0.1, 0.15) is 11.9 Å². The molecule has 3 aliphatic rings. The van der Waals surface area contributed by atoms with E-state index >= 15 is 0 Å². The lowest BCUT2D eigenvalue weighted by Crippen LogP contribution is -2.40. The summed E-state index contributed by atoms with van der Waals surface area (Å²) >= 11 is 0. The molecular weight excluding hydrogens is 455 g/mol. The SMILES string of the molecule is CC1=C(C(=O)NCCN2CCCCC2)C(c2ccc(C)c(C3CC3)c2)n2nc(C(F)(F)F)cc2N1. The largest absolute Gasteiger partial charge is 0.435 e. The summed E-state index contributed by atoms with van der Waals surface area (Å²) in [7, 11) is 0. The number of aryl methyl sites for hydroxylation is 1. The van der Waals surface area contributed by atoms with E-state index in [0.717, 1.165) is 49.7 Å². The smallest absolute Gasteiger partial charge is 0.351 e. The molecule has 9 heteroatoms. The van der Waals surface area contributed by atoms with Crippen LogP contribution in [-0.4, -0.2) is 46.8 Å². The molecule has 1 aromatic carbocycles. The Labute approximate surface area is 203 Å². The second-order valence-corrected chi connectivity index (χ2v) is 9.97. The summed E-state index contributed by atoms with van der Waals surface area (Å²) < 4.78 is 41.9. The zero-order valence-electron chi connectivity index (χ0n) is 20.2. The summed E-state index contributed by atoms with van der Waals surface area (Å²) in [5, 5.41) is 9.93. The van der Waals surface area contributed by atoms with E-state index in [-0.39, 0.29) is 11.7 Å². The van der Waals surface area contributed by atoms with E-state index in [0.29, 0.717) is 23.7 Å². The Bertz CT molecular complexity index is 1140. The maximum absolute atomic E-state index is 13.5. The number of rotatable bonds is 6. The second-order valence-electron chi connectivity index (χ2n) is 9.97. The molecule has 0 radical (unpaired) electrons. The van der Waals surface area contributed by atoms with Crippen molar-refractivity contribution in [2.24, 2.45) is 0 Å². The Kier molecular flexibility index (Phi) is 6.38. The Morgan fingerprint density at radius 3 is 2.57 bits per heavy atom. The number of piperidine rings is 1. The van der Waals surface area contributed by atoms with E-state index < -0.39 is 17.9 Å². The molecule has 1 aliphatic carbocycles. The number of carbonyl (C=O) groups excluding carboxylic acids is 1. The van der Waals surface area contributed by atoms with Gasteiger partial charge in [-0.1, -0.05) is 24.6 Å². The number of allylic oxidation sites excluding steroid dienone is 1. The molecule has 1 amide bonds. The Morgan fingerprint density at radius 1 is 1.14 bits per heavy atom. The van der Waals surface area contributed by atoms with Crippen molar-refractivity contribution >= 4 is 11.7 Å². The summed E-state index contributed by atoms with van der Waals surface area (Å²) in [6, 6.07) is 6.23. The molecule has 35 heavy (non-hydrogen) atoms. The lowest BCUT2D eigenvalue weighted by Gasteiger charge is -2.31. The minimum atomic E-state index is -4.58. The van der Waals surface area contributed by atoms with E-state index in [4.69, 9.17) is 0 Å². The van der Waals surface area contributed by atoms with Gasteiger partial charge in [-0.05, 0) is 75.2 Å². The predicted molar refractivity (Wildman–Crippen MR) is 128 cm³/mol. The van der Waals surface area contributed by atoms with Gasteiger partial charge in [-0.3, -0.25) is 4.79 Å². The summed E-state index contributed by atoms with van der Waals surface area (Å²) in [5.41, 5.74) is 3.11. The molecule has 1 unspecified atom stereocenters. The highest BCUT2D eigenvalue weighted by Gasteiger charge is 2.40. The van der Waals surface area contributed by atoms with Gasteiger partial charge in [-0.2, -0.15) is 18.3 Å². The predicted octanol–water partition coefficient (Wildman–Crippen LogP) is 4.98. The number of carbonyl (C=O) groups is 1. The summed E-state index contributed by atoms with van der Waals surface area (Å²) in [4.78, 5) is 15.8.